The molecule has 86 valence electrons. The highest BCUT2D eigenvalue weighted by Crippen LogP contribution is 2.31. The van der Waals surface area contributed by atoms with Crippen LogP contribution in [0.5, 0.6) is 0 Å². The van der Waals surface area contributed by atoms with Crippen LogP contribution in [-0.4, -0.2) is 24.3 Å². The molecule has 0 unspecified atom stereocenters. The van der Waals surface area contributed by atoms with Crippen LogP contribution < -0.4 is 0 Å². The number of ether oxygens (including phenoxy) is 1. The quantitative estimate of drug-likeness (QED) is 0.731. The van der Waals surface area contributed by atoms with Crippen molar-refractivity contribution >= 4 is 27.5 Å². The first-order valence-electron chi connectivity index (χ1n) is 5.43. The Kier molecular flexibility index (Phi) is 3.40. The van der Waals surface area contributed by atoms with E-state index in [4.69, 9.17) is 4.74 Å². The molecule has 0 bridgehead atoms. The van der Waals surface area contributed by atoms with E-state index in [0.29, 0.717) is 22.0 Å². The van der Waals surface area contributed by atoms with E-state index in [2.05, 4.69) is 22.9 Å². The largest absolute Gasteiger partial charge is 0.373 e. The van der Waals surface area contributed by atoms with Crippen LogP contribution in [0.25, 0.3) is 0 Å². The third-order valence-electron chi connectivity index (χ3n) is 2.92. The zero-order valence-electron chi connectivity index (χ0n) is 9.09. The van der Waals surface area contributed by atoms with E-state index < -0.39 is 0 Å². The Labute approximate surface area is 103 Å². The summed E-state index contributed by atoms with van der Waals surface area (Å²) in [6.07, 6.45) is 3.99. The number of rotatable bonds is 2. The number of ketones is 2. The molecule has 1 aliphatic heterocycles. The highest BCUT2D eigenvalue weighted by molar-refractivity contribution is 9.12. The molecule has 1 aliphatic carbocycles. The molecule has 0 aromatic heterocycles. The number of halogens is 1. The lowest BCUT2D eigenvalue weighted by Gasteiger charge is -2.27. The van der Waals surface area contributed by atoms with Gasteiger partial charge in [-0.15, -0.1) is 0 Å². The van der Waals surface area contributed by atoms with Crippen LogP contribution in [0.4, 0.5) is 0 Å². The van der Waals surface area contributed by atoms with Gasteiger partial charge in [0, 0.05) is 23.6 Å². The SMILES string of the molecule is CCC[C@@H]1CC2=C(CO1)C(=O)C(Br)=CC2=O. The third kappa shape index (κ3) is 2.04. The summed E-state index contributed by atoms with van der Waals surface area (Å²) in [5.74, 6) is -0.157. The summed E-state index contributed by atoms with van der Waals surface area (Å²) in [5, 5.41) is 0. The second-order valence-corrected chi connectivity index (χ2v) is 4.92. The lowest BCUT2D eigenvalue weighted by atomic mass is 9.88. The number of allylic oxidation sites excluding steroid dienone is 2. The lowest BCUT2D eigenvalue weighted by Crippen LogP contribution is -2.30. The molecule has 4 heteroatoms. The second-order valence-electron chi connectivity index (χ2n) is 4.07. The Hall–Kier alpha value is -0.740. The molecule has 0 fully saturated rings. The van der Waals surface area contributed by atoms with Crippen LogP contribution in [0.15, 0.2) is 21.7 Å². The van der Waals surface area contributed by atoms with Crippen molar-refractivity contribution in [3.63, 3.8) is 0 Å². The van der Waals surface area contributed by atoms with Gasteiger partial charge in [-0.25, -0.2) is 0 Å². The molecule has 2 rings (SSSR count). The van der Waals surface area contributed by atoms with Crippen LogP contribution in [-0.2, 0) is 14.3 Å². The van der Waals surface area contributed by atoms with Crippen LogP contribution in [0.3, 0.4) is 0 Å². The van der Waals surface area contributed by atoms with Crippen molar-refractivity contribution in [2.24, 2.45) is 0 Å². The molecule has 0 spiro atoms. The van der Waals surface area contributed by atoms with Gasteiger partial charge in [0.2, 0.25) is 0 Å². The topological polar surface area (TPSA) is 43.4 Å². The summed E-state index contributed by atoms with van der Waals surface area (Å²) in [6.45, 7) is 2.35. The number of carbonyl (C=O) groups excluding carboxylic acids is 2. The smallest absolute Gasteiger partial charge is 0.198 e. The van der Waals surface area contributed by atoms with Gasteiger partial charge in [0.25, 0.3) is 0 Å². The fourth-order valence-corrected chi connectivity index (χ4v) is 2.52. The average Bonchev–Trinajstić information content (AvgIpc) is 2.27. The molecular formula is C12H13BrO3. The van der Waals surface area contributed by atoms with Crippen LogP contribution in [0, 0.1) is 0 Å². The lowest BCUT2D eigenvalue weighted by molar-refractivity contribution is -0.117. The first-order valence-corrected chi connectivity index (χ1v) is 6.22. The van der Waals surface area contributed by atoms with Crippen molar-refractivity contribution in [1.82, 2.24) is 0 Å². The normalized spacial score (nSPS) is 25.6. The number of hydrogen-bond donors (Lipinski definition) is 0. The minimum absolute atomic E-state index is 0.0501. The molecule has 0 amide bonds. The summed E-state index contributed by atoms with van der Waals surface area (Å²) in [7, 11) is 0. The minimum Gasteiger partial charge on any atom is -0.373 e. The first kappa shape index (κ1) is 11.7. The molecule has 0 aromatic rings. The molecule has 1 atom stereocenters. The standard InChI is InChI=1S/C12H13BrO3/c1-2-3-7-4-8-9(6-16-7)12(15)10(13)5-11(8)14/h5,7H,2-4,6H2,1H3/t7-/m1/s1. The van der Waals surface area contributed by atoms with Crippen molar-refractivity contribution in [3.05, 3.63) is 21.7 Å². The summed E-state index contributed by atoms with van der Waals surface area (Å²) in [6, 6.07) is 0. The zero-order valence-corrected chi connectivity index (χ0v) is 10.7. The fourth-order valence-electron chi connectivity index (χ4n) is 2.07. The van der Waals surface area contributed by atoms with Crippen molar-refractivity contribution in [2.75, 3.05) is 6.61 Å². The molecule has 0 aromatic carbocycles. The van der Waals surface area contributed by atoms with Gasteiger partial charge >= 0.3 is 0 Å². The molecular weight excluding hydrogens is 272 g/mol. The van der Waals surface area contributed by atoms with E-state index in [0.717, 1.165) is 12.8 Å². The molecule has 0 saturated carbocycles. The van der Waals surface area contributed by atoms with Crippen molar-refractivity contribution in [1.29, 1.82) is 0 Å². The van der Waals surface area contributed by atoms with Gasteiger partial charge in [0.1, 0.15) is 0 Å². The Morgan fingerprint density at radius 3 is 2.88 bits per heavy atom. The van der Waals surface area contributed by atoms with Gasteiger partial charge in [-0.3, -0.25) is 9.59 Å². The highest BCUT2D eigenvalue weighted by atomic mass is 79.9. The van der Waals surface area contributed by atoms with Crippen LogP contribution in [0.2, 0.25) is 0 Å². The van der Waals surface area contributed by atoms with Crippen LogP contribution >= 0.6 is 15.9 Å². The average molecular weight is 285 g/mol. The van der Waals surface area contributed by atoms with E-state index in [1.807, 2.05) is 0 Å². The number of Topliss-reactive ketones (excluding diaryl/α,β-unsaturated/α-hetero) is 1. The molecule has 16 heavy (non-hydrogen) atoms. The maximum Gasteiger partial charge on any atom is 0.198 e. The van der Waals surface area contributed by atoms with Crippen molar-refractivity contribution in [3.8, 4) is 0 Å². The maximum atomic E-state index is 11.8. The number of hydrogen-bond acceptors (Lipinski definition) is 3. The Balaban J connectivity index is 2.24. The van der Waals surface area contributed by atoms with Gasteiger partial charge in [-0.2, -0.15) is 0 Å². The third-order valence-corrected chi connectivity index (χ3v) is 3.51. The molecule has 0 saturated heterocycles. The Morgan fingerprint density at radius 2 is 2.19 bits per heavy atom. The Bertz CT molecular complexity index is 406. The monoisotopic (exact) mass is 284 g/mol. The molecule has 0 radical (unpaired) electrons. The first-order chi connectivity index (χ1) is 7.63. The minimum atomic E-state index is -0.107. The Morgan fingerprint density at radius 1 is 1.44 bits per heavy atom. The van der Waals surface area contributed by atoms with E-state index in [1.54, 1.807) is 0 Å². The predicted octanol–water partition coefficient (Wildman–Crippen LogP) is 2.30. The van der Waals surface area contributed by atoms with Crippen LogP contribution in [0.1, 0.15) is 26.2 Å². The molecule has 0 N–H and O–H groups in total. The van der Waals surface area contributed by atoms with Gasteiger partial charge in [-0.05, 0) is 22.4 Å². The van der Waals surface area contributed by atoms with Crippen molar-refractivity contribution in [2.45, 2.75) is 32.3 Å². The van der Waals surface area contributed by atoms with Gasteiger partial charge in [0.05, 0.1) is 17.2 Å². The fraction of sp³-hybridized carbons (Fsp3) is 0.500. The summed E-state index contributed by atoms with van der Waals surface area (Å²) in [5.41, 5.74) is 1.18. The molecule has 3 nitrogen and oxygen atoms in total. The van der Waals surface area contributed by atoms with Gasteiger partial charge in [-0.1, -0.05) is 13.3 Å². The van der Waals surface area contributed by atoms with Crippen molar-refractivity contribution < 1.29 is 14.3 Å². The number of carbonyl (C=O) groups is 2. The zero-order chi connectivity index (χ0) is 11.7. The predicted molar refractivity (Wildman–Crippen MR) is 63.3 cm³/mol. The second kappa shape index (κ2) is 4.63. The van der Waals surface area contributed by atoms with E-state index in [-0.39, 0.29) is 24.3 Å². The maximum absolute atomic E-state index is 11.8. The molecule has 1 heterocycles. The summed E-state index contributed by atoms with van der Waals surface area (Å²) >= 11 is 3.10. The van der Waals surface area contributed by atoms with E-state index in [1.165, 1.54) is 6.08 Å². The highest BCUT2D eigenvalue weighted by Gasteiger charge is 2.32. The summed E-state index contributed by atoms with van der Waals surface area (Å²) < 4.78 is 5.92. The summed E-state index contributed by atoms with van der Waals surface area (Å²) in [4.78, 5) is 23.5. The van der Waals surface area contributed by atoms with Gasteiger partial charge in [0.15, 0.2) is 11.6 Å². The van der Waals surface area contributed by atoms with E-state index in [9.17, 15) is 9.59 Å². The van der Waals surface area contributed by atoms with Gasteiger partial charge < -0.3 is 4.74 Å². The van der Waals surface area contributed by atoms with E-state index >= 15 is 0 Å². The molecule has 2 aliphatic rings.